The number of rotatable bonds is 0. The molecular weight excluding hydrogens is 160 g/mol. The topological polar surface area (TPSA) is 134 Å². The summed E-state index contributed by atoms with van der Waals surface area (Å²) in [5.41, 5.74) is 9.18. The minimum absolute atomic E-state index is 0.644. The van der Waals surface area contributed by atoms with Gasteiger partial charge in [-0.05, 0) is 0 Å². The smallest absolute Gasteiger partial charge is 0.201 e. The molecule has 0 heterocycles. The molecule has 64 valence electrons. The molecule has 0 aromatic heterocycles. The lowest BCUT2D eigenvalue weighted by Crippen LogP contribution is -2.62. The quantitative estimate of drug-likeness (QED) is 0.327. The molecule has 1 saturated carbocycles. The zero-order chi connectivity index (χ0) is 9.46. The van der Waals surface area contributed by atoms with Crippen LogP contribution in [0.25, 0.3) is 0 Å². The van der Waals surface area contributed by atoms with Crippen molar-refractivity contribution in [3.8, 4) is 0 Å². The van der Waals surface area contributed by atoms with E-state index in [1.807, 2.05) is 0 Å². The molecule has 0 aromatic carbocycles. The third kappa shape index (κ3) is 0.973. The first-order chi connectivity index (χ1) is 5.46. The molecule has 0 radical (unpaired) electrons. The zero-order valence-corrected chi connectivity index (χ0v) is 6.13. The summed E-state index contributed by atoms with van der Waals surface area (Å²) >= 11 is 0. The van der Waals surface area contributed by atoms with Gasteiger partial charge in [-0.15, -0.1) is 0 Å². The van der Waals surface area contributed by atoms with Crippen molar-refractivity contribution < 1.29 is 9.59 Å². The first kappa shape index (κ1) is 8.69. The SMILES string of the molecule is N=C1C(=N)C(=O)C(N)C(N)C1=O. The molecule has 6 heteroatoms. The van der Waals surface area contributed by atoms with Crippen LogP contribution in [0.2, 0.25) is 0 Å². The van der Waals surface area contributed by atoms with E-state index in [2.05, 4.69) is 0 Å². The molecule has 0 spiro atoms. The summed E-state index contributed by atoms with van der Waals surface area (Å²) in [6.45, 7) is 0. The molecule has 6 N–H and O–H groups in total. The summed E-state index contributed by atoms with van der Waals surface area (Å²) in [4.78, 5) is 21.9. The zero-order valence-electron chi connectivity index (χ0n) is 6.13. The first-order valence-corrected chi connectivity index (χ1v) is 3.24. The number of hydrogen-bond acceptors (Lipinski definition) is 6. The van der Waals surface area contributed by atoms with Gasteiger partial charge in [-0.1, -0.05) is 0 Å². The largest absolute Gasteiger partial charge is 0.319 e. The average molecular weight is 168 g/mol. The van der Waals surface area contributed by atoms with Crippen molar-refractivity contribution in [3.63, 3.8) is 0 Å². The van der Waals surface area contributed by atoms with Crippen molar-refractivity contribution in [1.29, 1.82) is 10.8 Å². The van der Waals surface area contributed by atoms with Crippen LogP contribution in [0.4, 0.5) is 0 Å². The summed E-state index contributed by atoms with van der Waals surface area (Å²) < 4.78 is 0. The van der Waals surface area contributed by atoms with Crippen molar-refractivity contribution in [3.05, 3.63) is 0 Å². The van der Waals surface area contributed by atoms with E-state index in [0.717, 1.165) is 0 Å². The van der Waals surface area contributed by atoms with Crippen LogP contribution in [0.3, 0.4) is 0 Å². The van der Waals surface area contributed by atoms with Crippen LogP contribution in [-0.2, 0) is 9.59 Å². The monoisotopic (exact) mass is 168 g/mol. The Bertz CT molecular complexity index is 266. The van der Waals surface area contributed by atoms with E-state index in [1.54, 1.807) is 0 Å². The van der Waals surface area contributed by atoms with Gasteiger partial charge in [-0.25, -0.2) is 0 Å². The Labute approximate surface area is 67.9 Å². The molecule has 2 atom stereocenters. The van der Waals surface area contributed by atoms with Crippen LogP contribution < -0.4 is 11.5 Å². The van der Waals surface area contributed by atoms with Crippen molar-refractivity contribution in [1.82, 2.24) is 0 Å². The van der Waals surface area contributed by atoms with Crippen LogP contribution in [0.15, 0.2) is 0 Å². The summed E-state index contributed by atoms with van der Waals surface area (Å²) in [5.74, 6) is -1.49. The third-order valence-electron chi connectivity index (χ3n) is 1.74. The summed E-state index contributed by atoms with van der Waals surface area (Å²) in [6, 6.07) is -2.34. The maximum atomic E-state index is 11.0. The summed E-state index contributed by atoms with van der Waals surface area (Å²) in [6.07, 6.45) is 0. The van der Waals surface area contributed by atoms with E-state index in [1.165, 1.54) is 0 Å². The number of hydrogen-bond donors (Lipinski definition) is 4. The number of ketones is 2. The highest BCUT2D eigenvalue weighted by Gasteiger charge is 2.40. The van der Waals surface area contributed by atoms with Crippen molar-refractivity contribution in [2.75, 3.05) is 0 Å². The van der Waals surface area contributed by atoms with Crippen LogP contribution >= 0.6 is 0 Å². The Morgan fingerprint density at radius 2 is 1.17 bits per heavy atom. The number of nitrogens with one attached hydrogen (secondary N) is 2. The van der Waals surface area contributed by atoms with Gasteiger partial charge in [-0.2, -0.15) is 0 Å². The second-order valence-corrected chi connectivity index (χ2v) is 2.53. The van der Waals surface area contributed by atoms with Gasteiger partial charge in [0.05, 0.1) is 12.1 Å². The third-order valence-corrected chi connectivity index (χ3v) is 1.74. The predicted octanol–water partition coefficient (Wildman–Crippen LogP) is -2.17. The van der Waals surface area contributed by atoms with Gasteiger partial charge < -0.3 is 11.5 Å². The van der Waals surface area contributed by atoms with Gasteiger partial charge in [-0.3, -0.25) is 20.4 Å². The molecule has 1 aliphatic rings. The molecule has 0 aromatic rings. The fourth-order valence-electron chi connectivity index (χ4n) is 0.906. The molecule has 12 heavy (non-hydrogen) atoms. The van der Waals surface area contributed by atoms with E-state index in [0.29, 0.717) is 0 Å². The Kier molecular flexibility index (Phi) is 1.87. The minimum Gasteiger partial charge on any atom is -0.319 e. The fraction of sp³-hybridized carbons (Fsp3) is 0.333. The highest BCUT2D eigenvalue weighted by Crippen LogP contribution is 2.03. The Hall–Kier alpha value is -1.40. The maximum Gasteiger partial charge on any atom is 0.201 e. The second-order valence-electron chi connectivity index (χ2n) is 2.53. The standard InChI is InChI=1S/C6H8N4O2/c7-1-2(8)6(12)4(10)3(9)5(1)11/h1-2,9-10H,7-8H2. The Morgan fingerprint density at radius 3 is 1.42 bits per heavy atom. The van der Waals surface area contributed by atoms with Crippen LogP contribution in [0.1, 0.15) is 0 Å². The number of Topliss-reactive ketones (excluding diaryl/α,β-unsaturated/α-hetero) is 2. The molecule has 0 bridgehead atoms. The predicted molar refractivity (Wildman–Crippen MR) is 41.4 cm³/mol. The lowest BCUT2D eigenvalue weighted by molar-refractivity contribution is -0.121. The maximum absolute atomic E-state index is 11.0. The molecule has 6 nitrogen and oxygen atoms in total. The van der Waals surface area contributed by atoms with E-state index >= 15 is 0 Å². The molecule has 1 aliphatic carbocycles. The average Bonchev–Trinajstić information content (AvgIpc) is 2.08. The lowest BCUT2D eigenvalue weighted by atomic mass is 9.86. The van der Waals surface area contributed by atoms with Crippen LogP contribution in [-0.4, -0.2) is 35.1 Å². The van der Waals surface area contributed by atoms with Gasteiger partial charge in [0, 0.05) is 0 Å². The van der Waals surface area contributed by atoms with Gasteiger partial charge in [0.2, 0.25) is 11.6 Å². The van der Waals surface area contributed by atoms with Crippen molar-refractivity contribution >= 4 is 23.0 Å². The molecule has 0 aliphatic heterocycles. The number of carbonyl (C=O) groups excluding carboxylic acids is 2. The Morgan fingerprint density at radius 1 is 0.917 bits per heavy atom. The van der Waals surface area contributed by atoms with Gasteiger partial charge in [0.25, 0.3) is 0 Å². The molecule has 1 rings (SSSR count). The van der Waals surface area contributed by atoms with Crippen LogP contribution in [0, 0.1) is 10.8 Å². The second kappa shape index (κ2) is 2.58. The Balaban J connectivity index is 3.07. The molecular formula is C6H8N4O2. The van der Waals surface area contributed by atoms with Crippen molar-refractivity contribution in [2.45, 2.75) is 12.1 Å². The van der Waals surface area contributed by atoms with Crippen molar-refractivity contribution in [2.24, 2.45) is 11.5 Å². The summed E-state index contributed by atoms with van der Waals surface area (Å²) in [5, 5.41) is 14.0. The first-order valence-electron chi connectivity index (χ1n) is 3.24. The highest BCUT2D eigenvalue weighted by atomic mass is 16.1. The normalized spacial score (nSPS) is 31.2. The molecule has 2 unspecified atom stereocenters. The molecule has 1 fully saturated rings. The minimum atomic E-state index is -1.17. The molecule has 0 saturated heterocycles. The van der Waals surface area contributed by atoms with E-state index in [9.17, 15) is 9.59 Å². The van der Waals surface area contributed by atoms with Gasteiger partial charge in [0.15, 0.2) is 0 Å². The number of nitrogens with two attached hydrogens (primary N) is 2. The highest BCUT2D eigenvalue weighted by molar-refractivity contribution is 6.83. The summed E-state index contributed by atoms with van der Waals surface area (Å²) in [7, 11) is 0. The van der Waals surface area contributed by atoms with E-state index in [4.69, 9.17) is 22.3 Å². The van der Waals surface area contributed by atoms with Gasteiger partial charge in [0.1, 0.15) is 11.4 Å². The van der Waals surface area contributed by atoms with Crippen LogP contribution in [0.5, 0.6) is 0 Å². The van der Waals surface area contributed by atoms with E-state index in [-0.39, 0.29) is 0 Å². The number of carbonyl (C=O) groups is 2. The molecule has 0 amide bonds. The fourth-order valence-corrected chi connectivity index (χ4v) is 0.906. The van der Waals surface area contributed by atoms with Gasteiger partial charge >= 0.3 is 0 Å². The lowest BCUT2D eigenvalue weighted by Gasteiger charge is -2.23. The van der Waals surface area contributed by atoms with E-state index < -0.39 is 35.1 Å².